The van der Waals surface area contributed by atoms with Crippen LogP contribution in [-0.2, 0) is 4.74 Å². The highest BCUT2D eigenvalue weighted by molar-refractivity contribution is 7.14. The molecule has 0 aliphatic carbocycles. The van der Waals surface area contributed by atoms with Gasteiger partial charge < -0.3 is 10.5 Å². The number of nitrogens with zero attached hydrogens (tertiary/aromatic N) is 2. The second kappa shape index (κ2) is 7.05. The lowest BCUT2D eigenvalue weighted by molar-refractivity contribution is 0.0526. The summed E-state index contributed by atoms with van der Waals surface area (Å²) in [6.45, 7) is 2.01. The number of halogens is 1. The molecule has 0 saturated heterocycles. The van der Waals surface area contributed by atoms with Crippen LogP contribution in [0.5, 0.6) is 0 Å². The van der Waals surface area contributed by atoms with Crippen LogP contribution in [0.2, 0.25) is 5.02 Å². The van der Waals surface area contributed by atoms with Gasteiger partial charge >= 0.3 is 5.97 Å². The van der Waals surface area contributed by atoms with E-state index in [1.54, 1.807) is 30.5 Å². The molecule has 110 valence electrons. The Morgan fingerprint density at radius 2 is 2.43 bits per heavy atom. The predicted octanol–water partition coefficient (Wildman–Crippen LogP) is 3.00. The predicted molar refractivity (Wildman–Crippen MR) is 85.2 cm³/mol. The zero-order chi connectivity index (χ0) is 15.2. The van der Waals surface area contributed by atoms with Crippen LogP contribution in [0.4, 0.5) is 10.9 Å². The van der Waals surface area contributed by atoms with Crippen molar-refractivity contribution in [1.82, 2.24) is 4.98 Å². The van der Waals surface area contributed by atoms with E-state index in [2.05, 4.69) is 15.5 Å². The monoisotopic (exact) mass is 324 g/mol. The normalized spacial score (nSPS) is 10.8. The molecule has 0 unspecified atom stereocenters. The van der Waals surface area contributed by atoms with Crippen LogP contribution in [-0.4, -0.2) is 23.8 Å². The number of ether oxygens (including phenoxy) is 1. The largest absolute Gasteiger partial charge is 0.462 e. The Morgan fingerprint density at radius 3 is 3.10 bits per heavy atom. The maximum Gasteiger partial charge on any atom is 0.340 e. The fourth-order valence-corrected chi connectivity index (χ4v) is 2.37. The fourth-order valence-electron chi connectivity index (χ4n) is 1.56. The van der Waals surface area contributed by atoms with E-state index in [1.165, 1.54) is 17.6 Å². The number of anilines is 2. The minimum Gasteiger partial charge on any atom is -0.462 e. The number of hydrazone groups is 1. The van der Waals surface area contributed by atoms with E-state index in [9.17, 15) is 4.79 Å². The molecule has 1 heterocycles. The van der Waals surface area contributed by atoms with Gasteiger partial charge in [0.2, 0.25) is 5.13 Å². The van der Waals surface area contributed by atoms with Crippen LogP contribution in [0.15, 0.2) is 28.7 Å². The van der Waals surface area contributed by atoms with Gasteiger partial charge in [-0.05, 0) is 13.0 Å². The van der Waals surface area contributed by atoms with Crippen LogP contribution in [0.1, 0.15) is 22.8 Å². The van der Waals surface area contributed by atoms with Gasteiger partial charge in [0, 0.05) is 10.9 Å². The van der Waals surface area contributed by atoms with Gasteiger partial charge in [0.15, 0.2) is 0 Å². The first kappa shape index (κ1) is 15.3. The van der Waals surface area contributed by atoms with Gasteiger partial charge in [0.1, 0.15) is 5.82 Å². The van der Waals surface area contributed by atoms with Gasteiger partial charge in [-0.1, -0.05) is 23.7 Å². The number of esters is 1. The highest BCUT2D eigenvalue weighted by Gasteiger charge is 2.15. The number of hydrogen-bond acceptors (Lipinski definition) is 7. The molecule has 21 heavy (non-hydrogen) atoms. The van der Waals surface area contributed by atoms with Crippen molar-refractivity contribution in [2.45, 2.75) is 6.92 Å². The average molecular weight is 325 g/mol. The summed E-state index contributed by atoms with van der Waals surface area (Å²) in [6, 6.07) is 5.08. The van der Waals surface area contributed by atoms with Gasteiger partial charge in [0.25, 0.3) is 0 Å². The number of nitrogens with two attached hydrogens (primary N) is 1. The fraction of sp³-hybridized carbons (Fsp3) is 0.154. The standard InChI is InChI=1S/C13H13ClN4O2S/c1-2-20-12(19)11-8(4-3-5-9(11)14)6-16-18-13-17-10(15)7-21-13/h3-7H,2,15H2,1H3,(H,17,18). The number of rotatable bonds is 5. The van der Waals surface area contributed by atoms with E-state index >= 15 is 0 Å². The molecule has 0 fully saturated rings. The van der Waals surface area contributed by atoms with Crippen LogP contribution in [0.25, 0.3) is 0 Å². The second-order valence-corrected chi connectivity index (χ2v) is 5.14. The maximum atomic E-state index is 11.9. The molecule has 0 bridgehead atoms. The third kappa shape index (κ3) is 3.93. The number of nitrogen functional groups attached to an aromatic ring is 1. The SMILES string of the molecule is CCOC(=O)c1c(Cl)cccc1C=NNc1nc(N)cs1. The van der Waals surface area contributed by atoms with E-state index in [0.717, 1.165) is 0 Å². The Hall–Kier alpha value is -2.12. The molecule has 3 N–H and O–H groups in total. The molecule has 0 atom stereocenters. The molecule has 0 aliphatic rings. The summed E-state index contributed by atoms with van der Waals surface area (Å²) >= 11 is 7.38. The van der Waals surface area contributed by atoms with Gasteiger partial charge in [0.05, 0.1) is 23.4 Å². The first-order valence-electron chi connectivity index (χ1n) is 6.07. The summed E-state index contributed by atoms with van der Waals surface area (Å²) in [4.78, 5) is 15.9. The minimum atomic E-state index is -0.483. The molecule has 2 rings (SSSR count). The van der Waals surface area contributed by atoms with Gasteiger partial charge in [-0.3, -0.25) is 5.43 Å². The van der Waals surface area contributed by atoms with Crippen molar-refractivity contribution in [3.63, 3.8) is 0 Å². The second-order valence-electron chi connectivity index (χ2n) is 3.87. The van der Waals surface area contributed by atoms with Crippen molar-refractivity contribution in [2.24, 2.45) is 5.10 Å². The number of nitrogens with one attached hydrogen (secondary N) is 1. The first-order chi connectivity index (χ1) is 10.1. The molecule has 1 aromatic heterocycles. The summed E-state index contributed by atoms with van der Waals surface area (Å²) in [5.41, 5.74) is 9.08. The Kier molecular flexibility index (Phi) is 5.13. The summed E-state index contributed by atoms with van der Waals surface area (Å²) in [6.07, 6.45) is 1.48. The number of carbonyl (C=O) groups excluding carboxylic acids is 1. The van der Waals surface area contributed by atoms with Crippen LogP contribution >= 0.6 is 22.9 Å². The van der Waals surface area contributed by atoms with E-state index < -0.39 is 5.97 Å². The Morgan fingerprint density at radius 1 is 1.62 bits per heavy atom. The van der Waals surface area contributed by atoms with E-state index in [1.807, 2.05) is 0 Å². The van der Waals surface area contributed by atoms with Crippen LogP contribution < -0.4 is 11.2 Å². The number of hydrogen-bond donors (Lipinski definition) is 2. The van der Waals surface area contributed by atoms with Crippen LogP contribution in [0, 0.1) is 0 Å². The van der Waals surface area contributed by atoms with Crippen molar-refractivity contribution < 1.29 is 9.53 Å². The molecule has 8 heteroatoms. The zero-order valence-electron chi connectivity index (χ0n) is 11.2. The summed E-state index contributed by atoms with van der Waals surface area (Å²) in [7, 11) is 0. The Labute approximate surface area is 130 Å². The van der Waals surface area contributed by atoms with E-state index in [0.29, 0.717) is 21.5 Å². The highest BCUT2D eigenvalue weighted by Crippen LogP contribution is 2.20. The van der Waals surface area contributed by atoms with Gasteiger partial charge in [-0.25, -0.2) is 9.78 Å². The van der Waals surface area contributed by atoms with Crippen molar-refractivity contribution in [1.29, 1.82) is 0 Å². The van der Waals surface area contributed by atoms with Crippen molar-refractivity contribution >= 4 is 46.1 Å². The van der Waals surface area contributed by atoms with Gasteiger partial charge in [-0.2, -0.15) is 5.10 Å². The summed E-state index contributed by atoms with van der Waals surface area (Å²) in [5, 5.41) is 6.59. The third-order valence-corrected chi connectivity index (χ3v) is 3.49. The number of thiazole rings is 1. The molecule has 1 aromatic carbocycles. The van der Waals surface area contributed by atoms with Gasteiger partial charge in [-0.15, -0.1) is 11.3 Å². The molecular formula is C13H13ClN4O2S. The van der Waals surface area contributed by atoms with E-state index in [4.69, 9.17) is 22.1 Å². The topological polar surface area (TPSA) is 89.6 Å². The van der Waals surface area contributed by atoms with Crippen molar-refractivity contribution in [2.75, 3.05) is 17.8 Å². The van der Waals surface area contributed by atoms with Crippen molar-refractivity contribution in [3.05, 3.63) is 39.7 Å². The third-order valence-electron chi connectivity index (χ3n) is 2.41. The summed E-state index contributed by atoms with van der Waals surface area (Å²) in [5.74, 6) is -0.0595. The average Bonchev–Trinajstić information content (AvgIpc) is 2.85. The zero-order valence-corrected chi connectivity index (χ0v) is 12.7. The van der Waals surface area contributed by atoms with E-state index in [-0.39, 0.29) is 12.2 Å². The smallest absolute Gasteiger partial charge is 0.340 e. The summed E-state index contributed by atoms with van der Waals surface area (Å²) < 4.78 is 4.99. The number of aromatic nitrogens is 1. The minimum absolute atomic E-state index is 0.275. The molecular weight excluding hydrogens is 312 g/mol. The molecule has 0 spiro atoms. The highest BCUT2D eigenvalue weighted by atomic mass is 35.5. The molecule has 0 aliphatic heterocycles. The maximum absolute atomic E-state index is 11.9. The Balaban J connectivity index is 2.19. The Bertz CT molecular complexity index is 672. The van der Waals surface area contributed by atoms with Crippen molar-refractivity contribution in [3.8, 4) is 0 Å². The lowest BCUT2D eigenvalue weighted by Gasteiger charge is -2.07. The van der Waals surface area contributed by atoms with Crippen LogP contribution in [0.3, 0.4) is 0 Å². The molecule has 0 radical (unpaired) electrons. The molecule has 2 aromatic rings. The molecule has 0 saturated carbocycles. The lowest BCUT2D eigenvalue weighted by atomic mass is 10.1. The molecule has 0 amide bonds. The quantitative estimate of drug-likeness (QED) is 0.501. The first-order valence-corrected chi connectivity index (χ1v) is 7.33. The number of benzene rings is 1. The number of carbonyl (C=O) groups is 1. The lowest BCUT2D eigenvalue weighted by Crippen LogP contribution is -2.09. The molecule has 6 nitrogen and oxygen atoms in total.